The molecule has 0 aliphatic carbocycles. The van der Waals surface area contributed by atoms with E-state index in [-0.39, 0.29) is 0 Å². The number of hydrogen-bond acceptors (Lipinski definition) is 5. The van der Waals surface area contributed by atoms with Gasteiger partial charge in [0, 0.05) is 6.54 Å². The lowest BCUT2D eigenvalue weighted by molar-refractivity contribution is -0.139. The lowest BCUT2D eigenvalue weighted by Crippen LogP contribution is -2.47. The second-order valence-electron chi connectivity index (χ2n) is 4.96. The van der Waals surface area contributed by atoms with E-state index in [1.54, 1.807) is 4.90 Å². The number of carboxylic acid groups (broad SMARTS) is 1. The molecule has 0 saturated carbocycles. The Morgan fingerprint density at radius 3 is 2.67 bits per heavy atom. The van der Waals surface area contributed by atoms with Gasteiger partial charge in [-0.05, 0) is 32.6 Å². The molecule has 0 bridgehead atoms. The van der Waals surface area contributed by atoms with Crippen LogP contribution in [-0.2, 0) is 4.79 Å². The molecule has 1 aromatic rings. The van der Waals surface area contributed by atoms with Gasteiger partial charge in [-0.25, -0.2) is 9.78 Å². The molecule has 98 valence electrons. The zero-order valence-corrected chi connectivity index (χ0v) is 10.9. The second-order valence-corrected chi connectivity index (χ2v) is 4.96. The van der Waals surface area contributed by atoms with E-state index in [2.05, 4.69) is 22.1 Å². The zero-order chi connectivity index (χ0) is 13.3. The molecular weight excluding hydrogens is 232 g/mol. The Labute approximate surface area is 106 Å². The molecule has 6 nitrogen and oxygen atoms in total. The highest BCUT2D eigenvalue weighted by atomic mass is 16.4. The topological polar surface area (TPSA) is 79.2 Å². The predicted molar refractivity (Wildman–Crippen MR) is 66.5 cm³/mol. The van der Waals surface area contributed by atoms with Crippen LogP contribution in [0.15, 0.2) is 0 Å². The summed E-state index contributed by atoms with van der Waals surface area (Å²) in [5, 5.41) is 17.3. The molecule has 2 atom stereocenters. The minimum absolute atomic E-state index is 0.418. The van der Waals surface area contributed by atoms with Crippen LogP contribution in [0.4, 0.5) is 5.95 Å². The second kappa shape index (κ2) is 4.88. The van der Waals surface area contributed by atoms with Gasteiger partial charge in [0.1, 0.15) is 6.04 Å². The molecule has 6 heteroatoms. The van der Waals surface area contributed by atoms with Crippen LogP contribution >= 0.6 is 0 Å². The predicted octanol–water partition coefficient (Wildman–Crippen LogP) is 1.18. The SMILES string of the molecule is Cc1nnc(N2CCC(C)CC2C(=O)O)nc1C. The van der Waals surface area contributed by atoms with Crippen molar-refractivity contribution < 1.29 is 9.90 Å². The normalized spacial score (nSPS) is 24.1. The molecule has 1 aliphatic heterocycles. The number of carbonyl (C=O) groups is 1. The first-order chi connectivity index (χ1) is 8.49. The minimum atomic E-state index is -0.816. The van der Waals surface area contributed by atoms with Crippen molar-refractivity contribution in [1.29, 1.82) is 0 Å². The molecule has 1 aromatic heterocycles. The van der Waals surface area contributed by atoms with Gasteiger partial charge in [-0.2, -0.15) is 5.10 Å². The number of aliphatic carboxylic acids is 1. The van der Waals surface area contributed by atoms with Gasteiger partial charge in [0.05, 0.1) is 11.4 Å². The van der Waals surface area contributed by atoms with Crippen molar-refractivity contribution in [3.05, 3.63) is 11.4 Å². The Bertz CT molecular complexity index is 463. The highest BCUT2D eigenvalue weighted by Gasteiger charge is 2.33. The van der Waals surface area contributed by atoms with Crippen molar-refractivity contribution in [2.45, 2.75) is 39.7 Å². The summed E-state index contributed by atoms with van der Waals surface area (Å²) in [7, 11) is 0. The third kappa shape index (κ3) is 2.42. The fourth-order valence-electron chi connectivity index (χ4n) is 2.18. The molecule has 1 saturated heterocycles. The Balaban J connectivity index is 2.29. The van der Waals surface area contributed by atoms with E-state index in [0.29, 0.717) is 24.8 Å². The number of aromatic nitrogens is 3. The highest BCUT2D eigenvalue weighted by Crippen LogP contribution is 2.25. The molecule has 0 radical (unpaired) electrons. The van der Waals surface area contributed by atoms with Crippen LogP contribution in [0.2, 0.25) is 0 Å². The Kier molecular flexibility index (Phi) is 3.45. The summed E-state index contributed by atoms with van der Waals surface area (Å²) >= 11 is 0. The van der Waals surface area contributed by atoms with Crippen LogP contribution in [0.25, 0.3) is 0 Å². The van der Waals surface area contributed by atoms with Gasteiger partial charge in [-0.1, -0.05) is 6.92 Å². The summed E-state index contributed by atoms with van der Waals surface area (Å²) in [6, 6.07) is -0.544. The fourth-order valence-corrected chi connectivity index (χ4v) is 2.18. The van der Waals surface area contributed by atoms with E-state index in [4.69, 9.17) is 0 Å². The van der Waals surface area contributed by atoms with E-state index in [9.17, 15) is 9.90 Å². The van der Waals surface area contributed by atoms with E-state index >= 15 is 0 Å². The van der Waals surface area contributed by atoms with Gasteiger partial charge in [0.2, 0.25) is 5.95 Å². The third-order valence-electron chi connectivity index (χ3n) is 3.49. The summed E-state index contributed by atoms with van der Waals surface area (Å²) < 4.78 is 0. The standard InChI is InChI=1S/C12H18N4O2/c1-7-4-5-16(10(6-7)11(17)18)12-13-8(2)9(3)14-15-12/h7,10H,4-6H2,1-3H3,(H,17,18). The van der Waals surface area contributed by atoms with Crippen LogP contribution in [0.1, 0.15) is 31.2 Å². The third-order valence-corrected chi connectivity index (χ3v) is 3.49. The first-order valence-corrected chi connectivity index (χ1v) is 6.16. The van der Waals surface area contributed by atoms with Crippen LogP contribution in [0.3, 0.4) is 0 Å². The van der Waals surface area contributed by atoms with Crippen molar-refractivity contribution in [3.63, 3.8) is 0 Å². The molecule has 2 heterocycles. The van der Waals surface area contributed by atoms with Crippen LogP contribution in [0.5, 0.6) is 0 Å². The van der Waals surface area contributed by atoms with Gasteiger partial charge >= 0.3 is 5.97 Å². The number of nitrogens with zero attached hydrogens (tertiary/aromatic N) is 4. The first-order valence-electron chi connectivity index (χ1n) is 6.16. The molecule has 2 unspecified atom stereocenters. The summed E-state index contributed by atoms with van der Waals surface area (Å²) in [4.78, 5) is 17.4. The zero-order valence-electron chi connectivity index (χ0n) is 10.9. The Morgan fingerprint density at radius 2 is 2.06 bits per heavy atom. The number of hydrogen-bond donors (Lipinski definition) is 1. The van der Waals surface area contributed by atoms with Crippen molar-refractivity contribution in [1.82, 2.24) is 15.2 Å². The summed E-state index contributed by atoms with van der Waals surface area (Å²) in [5.74, 6) is 0.0302. The van der Waals surface area contributed by atoms with Crippen molar-refractivity contribution >= 4 is 11.9 Å². The fraction of sp³-hybridized carbons (Fsp3) is 0.667. The van der Waals surface area contributed by atoms with Gasteiger partial charge in [0.25, 0.3) is 0 Å². The quantitative estimate of drug-likeness (QED) is 0.849. The average molecular weight is 250 g/mol. The highest BCUT2D eigenvalue weighted by molar-refractivity contribution is 5.77. The maximum absolute atomic E-state index is 11.3. The molecule has 18 heavy (non-hydrogen) atoms. The van der Waals surface area contributed by atoms with Crippen molar-refractivity contribution in [3.8, 4) is 0 Å². The van der Waals surface area contributed by atoms with Crippen LogP contribution in [0, 0.1) is 19.8 Å². The Morgan fingerprint density at radius 1 is 1.33 bits per heavy atom. The molecule has 0 spiro atoms. The summed E-state index contributed by atoms with van der Waals surface area (Å²) in [6.07, 6.45) is 1.59. The van der Waals surface area contributed by atoms with Gasteiger partial charge in [-0.15, -0.1) is 5.10 Å². The van der Waals surface area contributed by atoms with E-state index in [0.717, 1.165) is 17.8 Å². The van der Waals surface area contributed by atoms with E-state index < -0.39 is 12.0 Å². The van der Waals surface area contributed by atoms with Crippen LogP contribution in [-0.4, -0.2) is 38.8 Å². The number of anilines is 1. The van der Waals surface area contributed by atoms with Crippen molar-refractivity contribution in [2.75, 3.05) is 11.4 Å². The summed E-state index contributed by atoms with van der Waals surface area (Å²) in [6.45, 7) is 6.44. The molecule has 1 N–H and O–H groups in total. The van der Waals surface area contributed by atoms with Crippen molar-refractivity contribution in [2.24, 2.45) is 5.92 Å². The lowest BCUT2D eigenvalue weighted by atomic mass is 9.93. The lowest BCUT2D eigenvalue weighted by Gasteiger charge is -2.35. The number of aryl methyl sites for hydroxylation is 2. The molecule has 1 fully saturated rings. The molecule has 1 aliphatic rings. The van der Waals surface area contributed by atoms with Gasteiger partial charge in [-0.3, -0.25) is 0 Å². The molecule has 2 rings (SSSR count). The largest absolute Gasteiger partial charge is 0.480 e. The smallest absolute Gasteiger partial charge is 0.326 e. The first kappa shape index (κ1) is 12.7. The molecular formula is C12H18N4O2. The molecule has 0 amide bonds. The maximum atomic E-state index is 11.3. The maximum Gasteiger partial charge on any atom is 0.326 e. The van der Waals surface area contributed by atoms with Gasteiger partial charge in [0.15, 0.2) is 0 Å². The molecule has 0 aromatic carbocycles. The van der Waals surface area contributed by atoms with Crippen LogP contribution < -0.4 is 4.90 Å². The van der Waals surface area contributed by atoms with E-state index in [1.165, 1.54) is 0 Å². The summed E-state index contributed by atoms with van der Waals surface area (Å²) in [5.41, 5.74) is 1.57. The number of rotatable bonds is 2. The number of piperidine rings is 1. The Hall–Kier alpha value is -1.72. The number of carboxylic acids is 1. The van der Waals surface area contributed by atoms with Gasteiger partial charge < -0.3 is 10.0 Å². The van der Waals surface area contributed by atoms with E-state index in [1.807, 2.05) is 13.8 Å². The monoisotopic (exact) mass is 250 g/mol. The average Bonchev–Trinajstić information content (AvgIpc) is 2.32. The minimum Gasteiger partial charge on any atom is -0.480 e.